The second-order valence-corrected chi connectivity index (χ2v) is 4.64. The highest BCUT2D eigenvalue weighted by Crippen LogP contribution is 2.28. The van der Waals surface area contributed by atoms with Gasteiger partial charge in [-0.3, -0.25) is 0 Å². The highest BCUT2D eigenvalue weighted by Gasteiger charge is 2.31. The van der Waals surface area contributed by atoms with Gasteiger partial charge < -0.3 is 10.5 Å². The Morgan fingerprint density at radius 2 is 1.67 bits per heavy atom. The van der Waals surface area contributed by atoms with Gasteiger partial charge in [0.25, 0.3) is 0 Å². The van der Waals surface area contributed by atoms with Gasteiger partial charge in [0, 0.05) is 5.56 Å². The fourth-order valence-corrected chi connectivity index (χ4v) is 2.00. The molecule has 0 aromatic heterocycles. The summed E-state index contributed by atoms with van der Waals surface area (Å²) in [6.07, 6.45) is -4.76. The number of hydrogen-bond donors (Lipinski definition) is 1. The molecular weight excluding hydrogens is 310 g/mol. The van der Waals surface area contributed by atoms with E-state index in [2.05, 4.69) is 4.74 Å². The molecule has 1 atom stereocenters. The minimum Gasteiger partial charge on any atom is -0.406 e. The molecule has 21 heavy (non-hydrogen) atoms. The molecule has 0 amide bonds. The molecule has 0 unspecified atom stereocenters. The first-order valence-corrected chi connectivity index (χ1v) is 6.21. The lowest BCUT2D eigenvalue weighted by Gasteiger charge is -2.15. The average molecular weight is 320 g/mol. The molecule has 0 heterocycles. The highest BCUT2D eigenvalue weighted by atomic mass is 35.5. The van der Waals surface area contributed by atoms with Gasteiger partial charge in [-0.2, -0.15) is 0 Å². The summed E-state index contributed by atoms with van der Waals surface area (Å²) in [6.45, 7) is 0. The lowest BCUT2D eigenvalue weighted by Crippen LogP contribution is -2.17. The van der Waals surface area contributed by atoms with E-state index in [9.17, 15) is 17.6 Å². The van der Waals surface area contributed by atoms with Crippen molar-refractivity contribution >= 4 is 11.6 Å². The van der Waals surface area contributed by atoms with Crippen molar-refractivity contribution in [3.8, 4) is 5.75 Å². The van der Waals surface area contributed by atoms with Crippen LogP contribution in [0.3, 0.4) is 0 Å². The fourth-order valence-electron chi connectivity index (χ4n) is 1.82. The van der Waals surface area contributed by atoms with E-state index >= 15 is 0 Å². The van der Waals surface area contributed by atoms with E-state index in [1.165, 1.54) is 24.3 Å². The lowest BCUT2D eigenvalue weighted by molar-refractivity contribution is -0.274. The Morgan fingerprint density at radius 3 is 2.24 bits per heavy atom. The standard InChI is InChI=1S/C14H10ClF4NO/c15-11-3-1-2-10(12(11)16)13(20)8-4-6-9(7-5-8)21-14(17,18)19/h1-7,13H,20H2/t13-/m0/s1. The summed E-state index contributed by atoms with van der Waals surface area (Å²) in [6, 6.07) is 8.46. The fraction of sp³-hybridized carbons (Fsp3) is 0.143. The van der Waals surface area contributed by atoms with Crippen molar-refractivity contribution in [3.63, 3.8) is 0 Å². The number of benzene rings is 2. The minimum absolute atomic E-state index is 0.0695. The molecule has 0 bridgehead atoms. The van der Waals surface area contributed by atoms with Crippen molar-refractivity contribution in [2.24, 2.45) is 5.73 Å². The summed E-state index contributed by atoms with van der Waals surface area (Å²) < 4.78 is 53.8. The molecule has 0 aliphatic rings. The molecule has 0 fully saturated rings. The van der Waals surface area contributed by atoms with E-state index in [0.717, 1.165) is 12.1 Å². The topological polar surface area (TPSA) is 35.2 Å². The normalized spacial score (nSPS) is 13.0. The van der Waals surface area contributed by atoms with Gasteiger partial charge in [0.2, 0.25) is 0 Å². The third-order valence-electron chi connectivity index (χ3n) is 2.79. The minimum atomic E-state index is -4.76. The van der Waals surface area contributed by atoms with Gasteiger partial charge in [-0.1, -0.05) is 35.9 Å². The number of nitrogens with two attached hydrogens (primary N) is 1. The van der Waals surface area contributed by atoms with Gasteiger partial charge in [0.05, 0.1) is 11.1 Å². The molecule has 0 saturated carbocycles. The second-order valence-electron chi connectivity index (χ2n) is 4.24. The Kier molecular flexibility index (Phi) is 4.39. The number of alkyl halides is 3. The molecule has 2 nitrogen and oxygen atoms in total. The van der Waals surface area contributed by atoms with Crippen LogP contribution in [0.1, 0.15) is 17.2 Å². The Hall–Kier alpha value is -1.79. The second kappa shape index (κ2) is 5.91. The van der Waals surface area contributed by atoms with Crippen LogP contribution in [0.15, 0.2) is 42.5 Å². The zero-order valence-corrected chi connectivity index (χ0v) is 11.3. The molecule has 2 rings (SSSR count). The molecule has 0 aliphatic heterocycles. The van der Waals surface area contributed by atoms with E-state index in [1.807, 2.05) is 0 Å². The van der Waals surface area contributed by atoms with Crippen molar-refractivity contribution < 1.29 is 22.3 Å². The van der Waals surface area contributed by atoms with Crippen LogP contribution >= 0.6 is 11.6 Å². The van der Waals surface area contributed by atoms with Crippen LogP contribution in [-0.4, -0.2) is 6.36 Å². The van der Waals surface area contributed by atoms with Gasteiger partial charge in [0.15, 0.2) is 0 Å². The molecular formula is C14H10ClF4NO. The third-order valence-corrected chi connectivity index (χ3v) is 3.08. The number of rotatable bonds is 3. The van der Waals surface area contributed by atoms with Crippen LogP contribution in [0.25, 0.3) is 0 Å². The van der Waals surface area contributed by atoms with Crippen LogP contribution in [0.2, 0.25) is 5.02 Å². The maximum atomic E-state index is 13.9. The molecule has 7 heteroatoms. The largest absolute Gasteiger partial charge is 0.573 e. The van der Waals surface area contributed by atoms with E-state index < -0.39 is 18.2 Å². The molecule has 112 valence electrons. The first-order valence-electron chi connectivity index (χ1n) is 5.83. The van der Waals surface area contributed by atoms with E-state index in [4.69, 9.17) is 17.3 Å². The Bertz CT molecular complexity index is 628. The summed E-state index contributed by atoms with van der Waals surface area (Å²) in [5.41, 5.74) is 6.50. The zero-order valence-electron chi connectivity index (χ0n) is 10.5. The zero-order chi connectivity index (χ0) is 15.6. The van der Waals surface area contributed by atoms with Gasteiger partial charge in [0.1, 0.15) is 11.6 Å². The van der Waals surface area contributed by atoms with Crippen molar-refractivity contribution in [3.05, 3.63) is 64.4 Å². The smallest absolute Gasteiger partial charge is 0.406 e. The number of hydrogen-bond acceptors (Lipinski definition) is 2. The number of halogens is 5. The highest BCUT2D eigenvalue weighted by molar-refractivity contribution is 6.30. The van der Waals surface area contributed by atoms with Crippen LogP contribution in [0.5, 0.6) is 5.75 Å². The summed E-state index contributed by atoms with van der Waals surface area (Å²) in [5.74, 6) is -1.02. The van der Waals surface area contributed by atoms with Gasteiger partial charge in [-0.25, -0.2) is 4.39 Å². The van der Waals surface area contributed by atoms with Crippen molar-refractivity contribution in [1.82, 2.24) is 0 Å². The lowest BCUT2D eigenvalue weighted by atomic mass is 9.99. The SMILES string of the molecule is N[C@@H](c1ccc(OC(F)(F)F)cc1)c1cccc(Cl)c1F. The van der Waals surface area contributed by atoms with Crippen molar-refractivity contribution in [1.29, 1.82) is 0 Å². The molecule has 0 saturated heterocycles. The Morgan fingerprint density at radius 1 is 1.05 bits per heavy atom. The van der Waals surface area contributed by atoms with Crippen molar-refractivity contribution in [2.45, 2.75) is 12.4 Å². The Balaban J connectivity index is 2.24. The average Bonchev–Trinajstić information content (AvgIpc) is 2.40. The predicted molar refractivity (Wildman–Crippen MR) is 70.6 cm³/mol. The van der Waals surface area contributed by atoms with Crippen LogP contribution in [0.4, 0.5) is 17.6 Å². The monoisotopic (exact) mass is 319 g/mol. The van der Waals surface area contributed by atoms with Gasteiger partial charge in [-0.05, 0) is 23.8 Å². The number of ether oxygens (including phenoxy) is 1. The van der Waals surface area contributed by atoms with E-state index in [1.54, 1.807) is 6.07 Å². The first kappa shape index (κ1) is 15.6. The maximum absolute atomic E-state index is 13.9. The van der Waals surface area contributed by atoms with Crippen LogP contribution in [0, 0.1) is 5.82 Å². The summed E-state index contributed by atoms with van der Waals surface area (Å²) in [4.78, 5) is 0. The molecule has 2 aromatic carbocycles. The summed E-state index contributed by atoms with van der Waals surface area (Å²) >= 11 is 5.67. The van der Waals surface area contributed by atoms with E-state index in [0.29, 0.717) is 5.56 Å². The maximum Gasteiger partial charge on any atom is 0.573 e. The van der Waals surface area contributed by atoms with Crippen LogP contribution < -0.4 is 10.5 Å². The third kappa shape index (κ3) is 3.86. The molecule has 0 radical (unpaired) electrons. The summed E-state index contributed by atoms with van der Waals surface area (Å²) in [5, 5.41) is -0.0695. The summed E-state index contributed by atoms with van der Waals surface area (Å²) in [7, 11) is 0. The molecule has 0 aliphatic carbocycles. The molecule has 2 aromatic rings. The predicted octanol–water partition coefficient (Wildman–Crippen LogP) is 4.43. The molecule has 2 N–H and O–H groups in total. The quantitative estimate of drug-likeness (QED) is 0.850. The van der Waals surface area contributed by atoms with Gasteiger partial charge in [-0.15, -0.1) is 13.2 Å². The van der Waals surface area contributed by atoms with Gasteiger partial charge >= 0.3 is 6.36 Å². The molecule has 0 spiro atoms. The van der Waals surface area contributed by atoms with Crippen molar-refractivity contribution in [2.75, 3.05) is 0 Å². The Labute approximate surface area is 123 Å². The van der Waals surface area contributed by atoms with Crippen LogP contribution in [-0.2, 0) is 0 Å². The van der Waals surface area contributed by atoms with E-state index in [-0.39, 0.29) is 16.3 Å². The first-order chi connectivity index (χ1) is 9.78.